The van der Waals surface area contributed by atoms with Crippen molar-refractivity contribution >= 4 is 6.03 Å². The van der Waals surface area contributed by atoms with Gasteiger partial charge in [-0.05, 0) is 24.3 Å². The van der Waals surface area contributed by atoms with Gasteiger partial charge in [0.2, 0.25) is 0 Å². The second-order valence-electron chi connectivity index (χ2n) is 7.42. The molecule has 0 bridgehead atoms. The Morgan fingerprint density at radius 1 is 1.05 bits per heavy atom. The van der Waals surface area contributed by atoms with Gasteiger partial charge in [-0.3, -0.25) is 0 Å². The third kappa shape index (κ3) is 6.06. The number of hydrogen-bond acceptors (Lipinski definition) is 2. The molecule has 0 aromatic heterocycles. The summed E-state index contributed by atoms with van der Waals surface area (Å²) in [7, 11) is 0. The summed E-state index contributed by atoms with van der Waals surface area (Å²) in [5, 5.41) is 14.8. The summed E-state index contributed by atoms with van der Waals surface area (Å²) in [6, 6.07) is 8.24. The first-order chi connectivity index (χ1) is 10.2. The van der Waals surface area contributed by atoms with Crippen molar-refractivity contribution in [1.29, 1.82) is 0 Å². The van der Waals surface area contributed by atoms with Crippen LogP contribution in [0.3, 0.4) is 0 Å². The Hall–Kier alpha value is -1.55. The molecule has 0 saturated heterocycles. The van der Waals surface area contributed by atoms with Crippen LogP contribution in [0.4, 0.5) is 4.79 Å². The van der Waals surface area contributed by atoms with Gasteiger partial charge < -0.3 is 15.7 Å². The lowest BCUT2D eigenvalue weighted by molar-refractivity contribution is 0.200. The zero-order valence-corrected chi connectivity index (χ0v) is 14.5. The van der Waals surface area contributed by atoms with Crippen molar-refractivity contribution in [2.75, 3.05) is 19.7 Å². The van der Waals surface area contributed by atoms with Crippen LogP contribution in [-0.4, -0.2) is 30.8 Å². The minimum Gasteiger partial charge on any atom is -0.396 e. The number of aliphatic hydroxyl groups is 1. The number of carbonyl (C=O) groups is 1. The second-order valence-corrected chi connectivity index (χ2v) is 7.42. The van der Waals surface area contributed by atoms with Crippen LogP contribution in [-0.2, 0) is 5.41 Å². The molecule has 1 aromatic rings. The molecular formula is C18H30N2O2. The lowest BCUT2D eigenvalue weighted by Crippen LogP contribution is -2.45. The monoisotopic (exact) mass is 306 g/mol. The van der Waals surface area contributed by atoms with Crippen LogP contribution >= 0.6 is 0 Å². The number of aliphatic hydroxyl groups excluding tert-OH is 1. The summed E-state index contributed by atoms with van der Waals surface area (Å²) in [6.45, 7) is 11.6. The molecule has 2 amide bonds. The van der Waals surface area contributed by atoms with Gasteiger partial charge in [0.05, 0.1) is 0 Å². The highest BCUT2D eigenvalue weighted by molar-refractivity contribution is 5.74. The van der Waals surface area contributed by atoms with E-state index in [0.717, 1.165) is 0 Å². The summed E-state index contributed by atoms with van der Waals surface area (Å²) in [5.74, 6) is 0. The van der Waals surface area contributed by atoms with Crippen molar-refractivity contribution in [1.82, 2.24) is 10.6 Å². The van der Waals surface area contributed by atoms with E-state index in [0.29, 0.717) is 19.5 Å². The van der Waals surface area contributed by atoms with E-state index in [1.165, 1.54) is 11.1 Å². The summed E-state index contributed by atoms with van der Waals surface area (Å²) in [4.78, 5) is 11.9. The maximum absolute atomic E-state index is 11.9. The number of urea groups is 1. The van der Waals surface area contributed by atoms with Crippen molar-refractivity contribution in [3.63, 3.8) is 0 Å². The highest BCUT2D eigenvalue weighted by Gasteiger charge is 2.22. The standard InChI is InChI=1S/C18H30N2O2/c1-14-6-8-15(9-7-14)18(4,5)13-20-16(22)19-12-17(2,3)10-11-21/h6-9,21H,10-13H2,1-5H3,(H2,19,20,22). The number of amides is 2. The Balaban J connectivity index is 2.47. The van der Waals surface area contributed by atoms with Gasteiger partial charge in [0.15, 0.2) is 0 Å². The fourth-order valence-electron chi connectivity index (χ4n) is 2.18. The first-order valence-corrected chi connectivity index (χ1v) is 7.86. The van der Waals surface area contributed by atoms with Gasteiger partial charge in [-0.25, -0.2) is 4.79 Å². The molecule has 0 heterocycles. The minimum absolute atomic E-state index is 0.0986. The quantitative estimate of drug-likeness (QED) is 0.725. The molecule has 124 valence electrons. The van der Waals surface area contributed by atoms with Crippen LogP contribution in [0.25, 0.3) is 0 Å². The van der Waals surface area contributed by atoms with Crippen molar-refractivity contribution < 1.29 is 9.90 Å². The first-order valence-electron chi connectivity index (χ1n) is 7.86. The van der Waals surface area contributed by atoms with E-state index in [4.69, 9.17) is 5.11 Å². The highest BCUT2D eigenvalue weighted by atomic mass is 16.3. The van der Waals surface area contributed by atoms with Gasteiger partial charge in [0, 0.05) is 25.1 Å². The van der Waals surface area contributed by atoms with Gasteiger partial charge >= 0.3 is 6.03 Å². The van der Waals surface area contributed by atoms with Crippen molar-refractivity contribution in [2.45, 2.75) is 46.5 Å². The molecule has 0 aliphatic heterocycles. The predicted octanol–water partition coefficient (Wildman–Crippen LogP) is 2.98. The van der Waals surface area contributed by atoms with Crippen molar-refractivity contribution in [3.05, 3.63) is 35.4 Å². The molecule has 0 radical (unpaired) electrons. The van der Waals surface area contributed by atoms with Gasteiger partial charge in [0.25, 0.3) is 0 Å². The Kier molecular flexibility index (Phi) is 6.42. The molecule has 4 nitrogen and oxygen atoms in total. The molecule has 4 heteroatoms. The Labute approximate surface area is 134 Å². The normalized spacial score (nSPS) is 12.1. The van der Waals surface area contributed by atoms with E-state index >= 15 is 0 Å². The maximum atomic E-state index is 11.9. The van der Waals surface area contributed by atoms with E-state index in [2.05, 4.69) is 55.7 Å². The lowest BCUT2D eigenvalue weighted by atomic mass is 9.84. The van der Waals surface area contributed by atoms with Gasteiger partial charge in [-0.1, -0.05) is 57.5 Å². The zero-order valence-electron chi connectivity index (χ0n) is 14.5. The zero-order chi connectivity index (χ0) is 16.8. The van der Waals surface area contributed by atoms with Crippen LogP contribution in [0, 0.1) is 12.3 Å². The van der Waals surface area contributed by atoms with Gasteiger partial charge in [-0.15, -0.1) is 0 Å². The maximum Gasteiger partial charge on any atom is 0.314 e. The smallest absolute Gasteiger partial charge is 0.314 e. The second kappa shape index (κ2) is 7.63. The average Bonchev–Trinajstić information content (AvgIpc) is 2.43. The summed E-state index contributed by atoms with van der Waals surface area (Å²) in [5.41, 5.74) is 2.22. The number of rotatable bonds is 7. The van der Waals surface area contributed by atoms with E-state index in [9.17, 15) is 4.79 Å². The summed E-state index contributed by atoms with van der Waals surface area (Å²) < 4.78 is 0. The molecule has 0 saturated carbocycles. The van der Waals surface area contributed by atoms with Crippen LogP contribution in [0.2, 0.25) is 0 Å². The van der Waals surface area contributed by atoms with E-state index < -0.39 is 0 Å². The first kappa shape index (κ1) is 18.5. The topological polar surface area (TPSA) is 61.4 Å². The van der Waals surface area contributed by atoms with Crippen LogP contribution < -0.4 is 10.6 Å². The number of nitrogens with one attached hydrogen (secondary N) is 2. The molecule has 22 heavy (non-hydrogen) atoms. The average molecular weight is 306 g/mol. The number of hydrogen-bond donors (Lipinski definition) is 3. The minimum atomic E-state index is -0.161. The molecule has 0 spiro atoms. The molecule has 1 rings (SSSR count). The summed E-state index contributed by atoms with van der Waals surface area (Å²) >= 11 is 0. The van der Waals surface area contributed by atoms with E-state index in [-0.39, 0.29) is 23.5 Å². The molecule has 0 aliphatic rings. The fourth-order valence-corrected chi connectivity index (χ4v) is 2.18. The number of benzene rings is 1. The molecule has 0 fully saturated rings. The molecule has 3 N–H and O–H groups in total. The lowest BCUT2D eigenvalue weighted by Gasteiger charge is -2.27. The summed E-state index contributed by atoms with van der Waals surface area (Å²) in [6.07, 6.45) is 0.669. The Morgan fingerprint density at radius 3 is 2.14 bits per heavy atom. The number of carbonyl (C=O) groups excluding carboxylic acids is 1. The third-order valence-corrected chi connectivity index (χ3v) is 4.04. The fraction of sp³-hybridized carbons (Fsp3) is 0.611. The van der Waals surface area contributed by atoms with E-state index in [1.807, 2.05) is 13.8 Å². The SMILES string of the molecule is Cc1ccc(C(C)(C)CNC(=O)NCC(C)(C)CCO)cc1. The van der Waals surface area contributed by atoms with Crippen molar-refractivity contribution in [3.8, 4) is 0 Å². The van der Waals surface area contributed by atoms with Gasteiger partial charge in [-0.2, -0.15) is 0 Å². The number of aryl methyl sites for hydroxylation is 1. The molecule has 1 aromatic carbocycles. The van der Waals surface area contributed by atoms with Crippen LogP contribution in [0.15, 0.2) is 24.3 Å². The van der Waals surface area contributed by atoms with Crippen molar-refractivity contribution in [2.24, 2.45) is 5.41 Å². The Morgan fingerprint density at radius 2 is 1.59 bits per heavy atom. The van der Waals surface area contributed by atoms with Gasteiger partial charge in [0.1, 0.15) is 0 Å². The molecule has 0 aliphatic carbocycles. The molecular weight excluding hydrogens is 276 g/mol. The highest BCUT2D eigenvalue weighted by Crippen LogP contribution is 2.22. The molecule has 0 atom stereocenters. The predicted molar refractivity (Wildman–Crippen MR) is 91.1 cm³/mol. The molecule has 0 unspecified atom stereocenters. The van der Waals surface area contributed by atoms with E-state index in [1.54, 1.807) is 0 Å². The van der Waals surface area contributed by atoms with Crippen LogP contribution in [0.1, 0.15) is 45.2 Å². The Bertz CT molecular complexity index is 478. The van der Waals surface area contributed by atoms with Crippen LogP contribution in [0.5, 0.6) is 0 Å². The third-order valence-electron chi connectivity index (χ3n) is 4.04. The largest absolute Gasteiger partial charge is 0.396 e.